The Morgan fingerprint density at radius 2 is 1.27 bits per heavy atom. The van der Waals surface area contributed by atoms with Gasteiger partial charge in [-0.15, -0.1) is 0 Å². The molecule has 0 radical (unpaired) electrons. The Morgan fingerprint density at radius 1 is 0.909 bits per heavy atom. The molecule has 22 heavy (non-hydrogen) atoms. The predicted molar refractivity (Wildman–Crippen MR) is 70.0 cm³/mol. The fourth-order valence-corrected chi connectivity index (χ4v) is 1.05. The van der Waals surface area contributed by atoms with Crippen molar-refractivity contribution in [2.45, 2.75) is 0 Å². The van der Waals surface area contributed by atoms with Gasteiger partial charge in [0.1, 0.15) is 0 Å². The van der Waals surface area contributed by atoms with Gasteiger partial charge in [-0.3, -0.25) is 16.2 Å². The average Bonchev–Trinajstić information content (AvgIpc) is 2.47. The maximum absolute atomic E-state index is 9.10. The van der Waals surface area contributed by atoms with E-state index in [1.165, 1.54) is 0 Å². The number of hydrogen-bond donors (Lipinski definition) is 6. The number of aliphatic carboxylic acids is 4. The summed E-state index contributed by atoms with van der Waals surface area (Å²) in [7, 11) is 0. The molecule has 12 heteroatoms. The van der Waals surface area contributed by atoms with Crippen LogP contribution in [0.5, 0.6) is 0 Å². The maximum Gasteiger partial charge on any atom is 0.414 e. The highest BCUT2D eigenvalue weighted by Crippen LogP contribution is 1.93. The molecule has 0 saturated carbocycles. The van der Waals surface area contributed by atoms with Crippen LogP contribution in [0.15, 0.2) is 0 Å². The summed E-state index contributed by atoms with van der Waals surface area (Å²) in [6, 6.07) is 0. The minimum Gasteiger partial charge on any atom is -0.473 e. The molecule has 1 aliphatic rings. The zero-order valence-corrected chi connectivity index (χ0v) is 11.6. The van der Waals surface area contributed by atoms with Crippen LogP contribution in [0.2, 0.25) is 0 Å². The van der Waals surface area contributed by atoms with Gasteiger partial charge in [0.2, 0.25) is 0 Å². The molecule has 1 saturated heterocycles. The second-order valence-corrected chi connectivity index (χ2v) is 3.63. The molecule has 7 N–H and O–H groups in total. The molecule has 0 aromatic rings. The van der Waals surface area contributed by atoms with E-state index in [0.29, 0.717) is 0 Å². The normalized spacial score (nSPS) is 13.7. The Balaban J connectivity index is 0. The Bertz CT molecular complexity index is 321. The second kappa shape index (κ2) is 13.7. The van der Waals surface area contributed by atoms with Crippen LogP contribution in [0.1, 0.15) is 0 Å². The molecule has 1 rings (SSSR count). The smallest absolute Gasteiger partial charge is 0.414 e. The third-order valence-corrected chi connectivity index (χ3v) is 2.04. The molecule has 0 bridgehead atoms. The molecule has 0 atom stereocenters. The lowest BCUT2D eigenvalue weighted by atomic mass is 10.4. The van der Waals surface area contributed by atoms with E-state index in [-0.39, 0.29) is 0 Å². The van der Waals surface area contributed by atoms with E-state index in [1.54, 1.807) is 0 Å². The van der Waals surface area contributed by atoms with E-state index in [2.05, 4.69) is 10.3 Å². The van der Waals surface area contributed by atoms with Crippen LogP contribution in [0, 0.1) is 0 Å². The van der Waals surface area contributed by atoms with Crippen molar-refractivity contribution in [2.75, 3.05) is 39.4 Å². The maximum atomic E-state index is 9.10. The van der Waals surface area contributed by atoms with Gasteiger partial charge < -0.3 is 25.2 Å². The van der Waals surface area contributed by atoms with Crippen molar-refractivity contribution in [3.63, 3.8) is 0 Å². The molecular weight excluding hydrogens is 306 g/mol. The number of hydrogen-bond acceptors (Lipinski definition) is 8. The first-order valence-electron chi connectivity index (χ1n) is 5.88. The summed E-state index contributed by atoms with van der Waals surface area (Å²) in [6.07, 6.45) is 0. The van der Waals surface area contributed by atoms with Gasteiger partial charge in [-0.2, -0.15) is 0 Å². The van der Waals surface area contributed by atoms with Gasteiger partial charge in [-0.05, 0) is 0 Å². The monoisotopic (exact) mass is 325 g/mol. The van der Waals surface area contributed by atoms with Gasteiger partial charge in [-0.25, -0.2) is 19.2 Å². The van der Waals surface area contributed by atoms with Gasteiger partial charge in [0.25, 0.3) is 0 Å². The molecule has 0 aromatic carbocycles. The summed E-state index contributed by atoms with van der Waals surface area (Å²) in [5.74, 6) is -2.16. The molecule has 0 unspecified atom stereocenters. The summed E-state index contributed by atoms with van der Waals surface area (Å²) >= 11 is 0. The topological polar surface area (TPSA) is 200 Å². The SMILES string of the molecule is NNCCN1CCOCC1.O=C(O)C(=O)O.O=C(O)C(=O)O. The standard InChI is InChI=1S/C6H15N3O.2C2H2O4/c7-8-1-2-9-3-5-10-6-4-9;2*3-1(4)2(5)6/h8H,1-7H2;2*(H,3,4)(H,5,6). The number of carboxylic acid groups (broad SMARTS) is 4. The number of nitrogens with two attached hydrogens (primary N) is 1. The summed E-state index contributed by atoms with van der Waals surface area (Å²) in [5.41, 5.74) is 2.63. The number of carbonyl (C=O) groups is 4. The van der Waals surface area contributed by atoms with E-state index in [9.17, 15) is 0 Å². The molecule has 0 aliphatic carbocycles. The Morgan fingerprint density at radius 3 is 1.55 bits per heavy atom. The largest absolute Gasteiger partial charge is 0.473 e. The van der Waals surface area contributed by atoms with Crippen molar-refractivity contribution in [1.29, 1.82) is 0 Å². The average molecular weight is 325 g/mol. The van der Waals surface area contributed by atoms with Crippen LogP contribution in [0.3, 0.4) is 0 Å². The Labute approximate surface area is 125 Å². The molecule has 1 aliphatic heterocycles. The lowest BCUT2D eigenvalue weighted by molar-refractivity contribution is -0.159. The number of morpholine rings is 1. The fraction of sp³-hybridized carbons (Fsp3) is 0.600. The van der Waals surface area contributed by atoms with Gasteiger partial charge in [0.05, 0.1) is 13.2 Å². The summed E-state index contributed by atoms with van der Waals surface area (Å²) in [5, 5.41) is 29.6. The molecule has 1 fully saturated rings. The van der Waals surface area contributed by atoms with Crippen LogP contribution >= 0.6 is 0 Å². The van der Waals surface area contributed by atoms with Crippen molar-refractivity contribution in [1.82, 2.24) is 10.3 Å². The minimum atomic E-state index is -1.82. The molecule has 1 heterocycles. The van der Waals surface area contributed by atoms with E-state index in [1.807, 2.05) is 0 Å². The van der Waals surface area contributed by atoms with Crippen LogP contribution < -0.4 is 11.3 Å². The molecular formula is C10H19N3O9. The third-order valence-electron chi connectivity index (χ3n) is 2.04. The molecule has 0 amide bonds. The van der Waals surface area contributed by atoms with Crippen molar-refractivity contribution in [3.05, 3.63) is 0 Å². The lowest BCUT2D eigenvalue weighted by Crippen LogP contribution is -2.41. The Kier molecular flexibility index (Phi) is 13.7. The summed E-state index contributed by atoms with van der Waals surface area (Å²) < 4.78 is 5.19. The Hall–Kier alpha value is -2.28. The van der Waals surface area contributed by atoms with Crippen molar-refractivity contribution >= 4 is 23.9 Å². The van der Waals surface area contributed by atoms with Gasteiger partial charge in [0, 0.05) is 26.2 Å². The van der Waals surface area contributed by atoms with Crippen LogP contribution in [-0.2, 0) is 23.9 Å². The highest BCUT2D eigenvalue weighted by molar-refractivity contribution is 6.27. The van der Waals surface area contributed by atoms with Gasteiger partial charge in [0.15, 0.2) is 0 Å². The lowest BCUT2D eigenvalue weighted by Gasteiger charge is -2.26. The van der Waals surface area contributed by atoms with Crippen molar-refractivity contribution in [2.24, 2.45) is 5.84 Å². The summed E-state index contributed by atoms with van der Waals surface area (Å²) in [4.78, 5) is 38.7. The first-order valence-corrected chi connectivity index (χ1v) is 5.88. The van der Waals surface area contributed by atoms with E-state index >= 15 is 0 Å². The zero-order chi connectivity index (χ0) is 17.5. The first kappa shape index (κ1) is 22.0. The molecule has 12 nitrogen and oxygen atoms in total. The van der Waals surface area contributed by atoms with Gasteiger partial charge in [-0.1, -0.05) is 0 Å². The fourth-order valence-electron chi connectivity index (χ4n) is 1.05. The number of nitrogens with one attached hydrogen (secondary N) is 1. The number of hydrazine groups is 1. The number of ether oxygens (including phenoxy) is 1. The first-order chi connectivity index (χ1) is 10.2. The number of rotatable bonds is 3. The second-order valence-electron chi connectivity index (χ2n) is 3.63. The molecule has 0 aromatic heterocycles. The van der Waals surface area contributed by atoms with Crippen LogP contribution in [-0.4, -0.2) is 88.6 Å². The third kappa shape index (κ3) is 15.8. The van der Waals surface area contributed by atoms with E-state index in [0.717, 1.165) is 39.4 Å². The van der Waals surface area contributed by atoms with Crippen molar-refractivity contribution < 1.29 is 44.3 Å². The highest BCUT2D eigenvalue weighted by Gasteiger charge is 2.08. The predicted octanol–water partition coefficient (Wildman–Crippen LogP) is -2.91. The van der Waals surface area contributed by atoms with E-state index < -0.39 is 23.9 Å². The highest BCUT2D eigenvalue weighted by atomic mass is 16.5. The number of carboxylic acids is 4. The molecule has 0 spiro atoms. The van der Waals surface area contributed by atoms with Crippen molar-refractivity contribution in [3.8, 4) is 0 Å². The minimum absolute atomic E-state index is 0.861. The van der Waals surface area contributed by atoms with Gasteiger partial charge >= 0.3 is 23.9 Å². The summed E-state index contributed by atoms with van der Waals surface area (Å²) in [6.45, 7) is 5.71. The number of nitrogens with zero attached hydrogens (tertiary/aromatic N) is 1. The quantitative estimate of drug-likeness (QED) is 0.176. The van der Waals surface area contributed by atoms with E-state index in [4.69, 9.17) is 50.2 Å². The molecule has 128 valence electrons. The van der Waals surface area contributed by atoms with Crippen LogP contribution in [0.25, 0.3) is 0 Å². The zero-order valence-electron chi connectivity index (χ0n) is 11.6. The van der Waals surface area contributed by atoms with Crippen LogP contribution in [0.4, 0.5) is 0 Å².